The standard InChI is InChI=1S/C25H22ClF3N4O3/c1-36-22-7-2-15(12-31-22)21(34)11-24(8-9-24)23(35)32-13-17-4-5-18(14-30-17)33-20-6-3-16(26)10-19(20)25(27,28)29/h2-7,10,12,14,33H,8-9,11,13H2,1H3,(H,32,35). The maximum Gasteiger partial charge on any atom is 0.418 e. The molecule has 0 saturated heterocycles. The molecular formula is C25H22ClF3N4O3. The van der Waals surface area contributed by atoms with Crippen LogP contribution >= 0.6 is 11.6 Å². The van der Waals surface area contributed by atoms with Gasteiger partial charge in [-0.3, -0.25) is 14.6 Å². The molecule has 0 radical (unpaired) electrons. The molecule has 4 rings (SSSR count). The van der Waals surface area contributed by atoms with Gasteiger partial charge in [-0.2, -0.15) is 13.2 Å². The number of nitrogens with one attached hydrogen (secondary N) is 2. The third-order valence-electron chi connectivity index (χ3n) is 5.92. The Bertz CT molecular complexity index is 1260. The van der Waals surface area contributed by atoms with Crippen LogP contribution in [0.15, 0.2) is 54.9 Å². The highest BCUT2D eigenvalue weighted by Gasteiger charge is 2.51. The largest absolute Gasteiger partial charge is 0.481 e. The van der Waals surface area contributed by atoms with Crippen LogP contribution in [0.25, 0.3) is 0 Å². The molecule has 1 saturated carbocycles. The van der Waals surface area contributed by atoms with Gasteiger partial charge < -0.3 is 15.4 Å². The lowest BCUT2D eigenvalue weighted by Crippen LogP contribution is -2.33. The summed E-state index contributed by atoms with van der Waals surface area (Å²) in [7, 11) is 1.48. The van der Waals surface area contributed by atoms with Crippen molar-refractivity contribution >= 4 is 34.7 Å². The molecule has 188 valence electrons. The third kappa shape index (κ3) is 5.93. The molecule has 3 aromatic rings. The Labute approximate surface area is 210 Å². The molecule has 2 N–H and O–H groups in total. The van der Waals surface area contributed by atoms with Gasteiger partial charge >= 0.3 is 6.18 Å². The molecule has 36 heavy (non-hydrogen) atoms. The van der Waals surface area contributed by atoms with Crippen molar-refractivity contribution in [1.82, 2.24) is 15.3 Å². The van der Waals surface area contributed by atoms with E-state index in [1.807, 2.05) is 0 Å². The Kier molecular flexibility index (Phi) is 7.16. The number of carbonyl (C=O) groups excluding carboxylic acids is 2. The molecule has 1 aliphatic carbocycles. The zero-order valence-corrected chi connectivity index (χ0v) is 19.9. The van der Waals surface area contributed by atoms with Crippen molar-refractivity contribution < 1.29 is 27.5 Å². The minimum Gasteiger partial charge on any atom is -0.481 e. The predicted molar refractivity (Wildman–Crippen MR) is 127 cm³/mol. The molecule has 1 fully saturated rings. The van der Waals surface area contributed by atoms with Crippen LogP contribution in [-0.4, -0.2) is 28.8 Å². The Morgan fingerprint density at radius 1 is 1.08 bits per heavy atom. The number of carbonyl (C=O) groups is 2. The maximum atomic E-state index is 13.3. The van der Waals surface area contributed by atoms with E-state index < -0.39 is 17.2 Å². The van der Waals surface area contributed by atoms with Crippen molar-refractivity contribution in [3.63, 3.8) is 0 Å². The van der Waals surface area contributed by atoms with E-state index in [2.05, 4.69) is 20.6 Å². The highest BCUT2D eigenvalue weighted by atomic mass is 35.5. The summed E-state index contributed by atoms with van der Waals surface area (Å²) in [5.41, 5.74) is -0.517. The van der Waals surface area contributed by atoms with Gasteiger partial charge in [-0.25, -0.2) is 4.98 Å². The monoisotopic (exact) mass is 518 g/mol. The fourth-order valence-electron chi connectivity index (χ4n) is 3.69. The van der Waals surface area contributed by atoms with Crippen molar-refractivity contribution in [1.29, 1.82) is 0 Å². The van der Waals surface area contributed by atoms with Crippen molar-refractivity contribution in [2.45, 2.75) is 32.0 Å². The van der Waals surface area contributed by atoms with E-state index >= 15 is 0 Å². The van der Waals surface area contributed by atoms with E-state index in [4.69, 9.17) is 16.3 Å². The van der Waals surface area contributed by atoms with Gasteiger partial charge in [0.2, 0.25) is 11.8 Å². The SMILES string of the molecule is COc1ccc(C(=O)CC2(C(=O)NCc3ccc(Nc4ccc(Cl)cc4C(F)(F)F)cn3)CC2)cn1. The minimum atomic E-state index is -4.57. The van der Waals surface area contributed by atoms with Crippen LogP contribution in [0.5, 0.6) is 5.88 Å². The molecule has 1 aliphatic rings. The Morgan fingerprint density at radius 3 is 2.44 bits per heavy atom. The van der Waals surface area contributed by atoms with Crippen LogP contribution in [0.1, 0.15) is 40.9 Å². The summed E-state index contributed by atoms with van der Waals surface area (Å²) >= 11 is 5.71. The van der Waals surface area contributed by atoms with Gasteiger partial charge in [0.15, 0.2) is 5.78 Å². The van der Waals surface area contributed by atoms with Crippen molar-refractivity contribution in [3.8, 4) is 5.88 Å². The number of nitrogens with zero attached hydrogens (tertiary/aromatic N) is 2. The van der Waals surface area contributed by atoms with Crippen LogP contribution in [-0.2, 0) is 17.5 Å². The summed E-state index contributed by atoms with van der Waals surface area (Å²) < 4.78 is 44.9. The number of amides is 1. The second-order valence-electron chi connectivity index (χ2n) is 8.50. The second-order valence-corrected chi connectivity index (χ2v) is 8.94. The van der Waals surface area contributed by atoms with Gasteiger partial charge in [-0.1, -0.05) is 11.6 Å². The topological polar surface area (TPSA) is 93.2 Å². The van der Waals surface area contributed by atoms with E-state index in [1.165, 1.54) is 31.6 Å². The van der Waals surface area contributed by atoms with Gasteiger partial charge in [0.25, 0.3) is 0 Å². The average Bonchev–Trinajstić information content (AvgIpc) is 3.64. The first-order valence-electron chi connectivity index (χ1n) is 11.0. The number of ether oxygens (including phenoxy) is 1. The van der Waals surface area contributed by atoms with Gasteiger partial charge in [0, 0.05) is 29.3 Å². The fraction of sp³-hybridized carbons (Fsp3) is 0.280. The molecule has 11 heteroatoms. The van der Waals surface area contributed by atoms with Gasteiger partial charge in [-0.05, 0) is 49.2 Å². The van der Waals surface area contributed by atoms with Crippen LogP contribution in [0.2, 0.25) is 5.02 Å². The molecule has 0 spiro atoms. The summed E-state index contributed by atoms with van der Waals surface area (Å²) in [6, 6.07) is 9.83. The van der Waals surface area contributed by atoms with Gasteiger partial charge in [0.05, 0.1) is 47.9 Å². The smallest absolute Gasteiger partial charge is 0.418 e. The number of pyridine rings is 2. The molecule has 0 bridgehead atoms. The number of benzene rings is 1. The minimum absolute atomic E-state index is 0.0205. The Morgan fingerprint density at radius 2 is 1.86 bits per heavy atom. The quantitative estimate of drug-likeness (QED) is 0.360. The van der Waals surface area contributed by atoms with Crippen LogP contribution in [0, 0.1) is 5.41 Å². The van der Waals surface area contributed by atoms with Crippen LogP contribution in [0.3, 0.4) is 0 Å². The summed E-state index contributed by atoms with van der Waals surface area (Å²) in [5.74, 6) is -0.0165. The zero-order valence-electron chi connectivity index (χ0n) is 19.2. The Balaban J connectivity index is 1.34. The number of halogens is 4. The number of rotatable bonds is 9. The normalized spacial score (nSPS) is 14.1. The summed E-state index contributed by atoms with van der Waals surface area (Å²) in [5, 5.41) is 5.49. The van der Waals surface area contributed by atoms with Crippen LogP contribution in [0.4, 0.5) is 24.5 Å². The second kappa shape index (κ2) is 10.1. The van der Waals surface area contributed by atoms with Crippen molar-refractivity contribution in [3.05, 3.63) is 76.7 Å². The first kappa shape index (κ1) is 25.4. The summed E-state index contributed by atoms with van der Waals surface area (Å²) in [6.07, 6.45) is -0.486. The third-order valence-corrected chi connectivity index (χ3v) is 6.16. The number of methoxy groups -OCH3 is 1. The van der Waals surface area contributed by atoms with E-state index in [-0.39, 0.29) is 35.4 Å². The number of aromatic nitrogens is 2. The molecule has 1 aromatic carbocycles. The number of hydrogen-bond donors (Lipinski definition) is 2. The average molecular weight is 519 g/mol. The highest BCUT2D eigenvalue weighted by molar-refractivity contribution is 6.30. The van der Waals surface area contributed by atoms with Gasteiger partial charge in [-0.15, -0.1) is 0 Å². The number of ketones is 1. The highest BCUT2D eigenvalue weighted by Crippen LogP contribution is 2.49. The van der Waals surface area contributed by atoms with Crippen LogP contribution < -0.4 is 15.4 Å². The fourth-order valence-corrected chi connectivity index (χ4v) is 3.86. The first-order chi connectivity index (χ1) is 17.1. The number of Topliss-reactive ketones (excluding diaryl/α,β-unsaturated/α-hetero) is 1. The lowest BCUT2D eigenvalue weighted by Gasteiger charge is -2.16. The summed E-state index contributed by atoms with van der Waals surface area (Å²) in [4.78, 5) is 33.6. The molecule has 2 aromatic heterocycles. The van der Waals surface area contributed by atoms with E-state index in [1.54, 1.807) is 24.3 Å². The van der Waals surface area contributed by atoms with E-state index in [9.17, 15) is 22.8 Å². The predicted octanol–water partition coefficient (Wildman–Crippen LogP) is 5.57. The lowest BCUT2D eigenvalue weighted by molar-refractivity contribution is -0.137. The number of hydrogen-bond acceptors (Lipinski definition) is 6. The molecule has 0 atom stereocenters. The number of anilines is 2. The van der Waals surface area contributed by atoms with Gasteiger partial charge in [0.1, 0.15) is 0 Å². The summed E-state index contributed by atoms with van der Waals surface area (Å²) in [6.45, 7) is 0.119. The first-order valence-corrected chi connectivity index (χ1v) is 11.4. The lowest BCUT2D eigenvalue weighted by atomic mass is 9.95. The van der Waals surface area contributed by atoms with Crippen molar-refractivity contribution in [2.75, 3.05) is 12.4 Å². The van der Waals surface area contributed by atoms with E-state index in [0.29, 0.717) is 35.7 Å². The molecule has 1 amide bonds. The zero-order chi connectivity index (χ0) is 25.9. The molecule has 2 heterocycles. The number of alkyl halides is 3. The molecule has 0 aliphatic heterocycles. The maximum absolute atomic E-state index is 13.3. The Hall–Kier alpha value is -3.66. The van der Waals surface area contributed by atoms with Crippen molar-refractivity contribution in [2.24, 2.45) is 5.41 Å². The molecular weight excluding hydrogens is 497 g/mol. The molecule has 0 unspecified atom stereocenters. The van der Waals surface area contributed by atoms with E-state index in [0.717, 1.165) is 6.07 Å². The molecule has 7 nitrogen and oxygen atoms in total.